The van der Waals surface area contributed by atoms with Crippen LogP contribution in [0.25, 0.3) is 0 Å². The minimum Gasteiger partial charge on any atom is -0.304 e. The van der Waals surface area contributed by atoms with E-state index in [2.05, 4.69) is 4.98 Å². The first-order chi connectivity index (χ1) is 11.2. The molecule has 0 radical (unpaired) electrons. The Hall–Kier alpha value is -2.94. The van der Waals surface area contributed by atoms with Crippen molar-refractivity contribution < 1.29 is 4.79 Å². The van der Waals surface area contributed by atoms with E-state index in [0.717, 1.165) is 16.9 Å². The molecule has 3 rings (SSSR count). The van der Waals surface area contributed by atoms with Crippen molar-refractivity contribution in [2.45, 2.75) is 13.5 Å². The Labute approximate surface area is 136 Å². The maximum absolute atomic E-state index is 12.9. The van der Waals surface area contributed by atoms with Crippen LogP contribution in [-0.2, 0) is 6.54 Å². The number of carbonyl (C=O) groups is 1. The van der Waals surface area contributed by atoms with Crippen molar-refractivity contribution in [2.75, 3.05) is 4.90 Å². The van der Waals surface area contributed by atoms with Crippen LogP contribution in [0, 0.1) is 6.92 Å². The van der Waals surface area contributed by atoms with Crippen LogP contribution in [0.3, 0.4) is 0 Å². The molecule has 1 heterocycles. The van der Waals surface area contributed by atoms with Crippen molar-refractivity contribution >= 4 is 11.6 Å². The Morgan fingerprint density at radius 3 is 2.17 bits per heavy atom. The van der Waals surface area contributed by atoms with Gasteiger partial charge in [0.1, 0.15) is 0 Å². The number of aromatic nitrogens is 1. The molecule has 0 unspecified atom stereocenters. The molecule has 3 aromatic rings. The minimum absolute atomic E-state index is 0.0486. The summed E-state index contributed by atoms with van der Waals surface area (Å²) in [5.41, 5.74) is 3.46. The van der Waals surface area contributed by atoms with Gasteiger partial charge in [-0.2, -0.15) is 0 Å². The second-order valence-electron chi connectivity index (χ2n) is 5.40. The van der Waals surface area contributed by atoms with E-state index in [4.69, 9.17) is 0 Å². The molecule has 0 saturated carbocycles. The molecule has 0 bridgehead atoms. The maximum Gasteiger partial charge on any atom is 0.260 e. The number of pyridine rings is 1. The van der Waals surface area contributed by atoms with Crippen molar-refractivity contribution in [3.05, 3.63) is 95.8 Å². The lowest BCUT2D eigenvalue weighted by molar-refractivity contribution is 0.0985. The number of rotatable bonds is 4. The Bertz CT molecular complexity index is 768. The highest BCUT2D eigenvalue weighted by atomic mass is 16.2. The van der Waals surface area contributed by atoms with Crippen molar-refractivity contribution in [1.82, 2.24) is 4.98 Å². The van der Waals surface area contributed by atoms with Gasteiger partial charge in [-0.15, -0.1) is 0 Å². The zero-order valence-corrected chi connectivity index (χ0v) is 13.0. The van der Waals surface area contributed by atoms with Gasteiger partial charge >= 0.3 is 0 Å². The van der Waals surface area contributed by atoms with Crippen LogP contribution >= 0.6 is 0 Å². The molecule has 3 heteroatoms. The number of aryl methyl sites for hydroxylation is 1. The molecule has 0 saturated heterocycles. The molecule has 0 atom stereocenters. The number of anilines is 1. The smallest absolute Gasteiger partial charge is 0.260 e. The third-order valence-electron chi connectivity index (χ3n) is 3.65. The summed E-state index contributed by atoms with van der Waals surface area (Å²) in [5.74, 6) is -0.0486. The van der Waals surface area contributed by atoms with Gasteiger partial charge in [0.2, 0.25) is 0 Å². The maximum atomic E-state index is 12.9. The predicted octanol–water partition coefficient (Wildman–Crippen LogP) is 4.24. The fourth-order valence-corrected chi connectivity index (χ4v) is 2.40. The first kappa shape index (κ1) is 15.0. The molecule has 0 N–H and O–H groups in total. The van der Waals surface area contributed by atoms with Gasteiger partial charge in [0.15, 0.2) is 0 Å². The molecule has 0 aliphatic rings. The topological polar surface area (TPSA) is 33.2 Å². The van der Waals surface area contributed by atoms with E-state index in [1.807, 2.05) is 79.7 Å². The van der Waals surface area contributed by atoms with Gasteiger partial charge in [0.25, 0.3) is 5.91 Å². The molecule has 0 fully saturated rings. The van der Waals surface area contributed by atoms with E-state index >= 15 is 0 Å². The summed E-state index contributed by atoms with van der Waals surface area (Å²) in [7, 11) is 0. The molecule has 3 nitrogen and oxygen atoms in total. The Balaban J connectivity index is 1.94. The van der Waals surface area contributed by atoms with Crippen LogP contribution in [0.1, 0.15) is 21.6 Å². The lowest BCUT2D eigenvalue weighted by Crippen LogP contribution is -2.30. The van der Waals surface area contributed by atoms with E-state index in [1.165, 1.54) is 0 Å². The minimum atomic E-state index is -0.0486. The zero-order valence-electron chi connectivity index (χ0n) is 13.0. The highest BCUT2D eigenvalue weighted by Gasteiger charge is 2.18. The van der Waals surface area contributed by atoms with Crippen LogP contribution in [0.5, 0.6) is 0 Å². The van der Waals surface area contributed by atoms with E-state index in [0.29, 0.717) is 12.1 Å². The number of benzene rings is 2. The quantitative estimate of drug-likeness (QED) is 0.722. The molecule has 0 aliphatic carbocycles. The number of hydrogen-bond acceptors (Lipinski definition) is 2. The first-order valence-electron chi connectivity index (χ1n) is 7.57. The fraction of sp³-hybridized carbons (Fsp3) is 0.100. The largest absolute Gasteiger partial charge is 0.304 e. The van der Waals surface area contributed by atoms with Gasteiger partial charge in [-0.1, -0.05) is 48.5 Å². The molecular weight excluding hydrogens is 284 g/mol. The van der Waals surface area contributed by atoms with Crippen LogP contribution in [0.4, 0.5) is 5.69 Å². The van der Waals surface area contributed by atoms with Gasteiger partial charge in [-0.3, -0.25) is 9.78 Å². The zero-order chi connectivity index (χ0) is 16.1. The van der Waals surface area contributed by atoms with Gasteiger partial charge in [-0.25, -0.2) is 0 Å². The molecule has 0 spiro atoms. The van der Waals surface area contributed by atoms with Gasteiger partial charge in [-0.05, 0) is 36.8 Å². The summed E-state index contributed by atoms with van der Waals surface area (Å²) in [6.45, 7) is 2.44. The van der Waals surface area contributed by atoms with Crippen LogP contribution in [0.15, 0.2) is 79.0 Å². The van der Waals surface area contributed by atoms with Crippen molar-refractivity contribution in [1.29, 1.82) is 0 Å². The highest BCUT2D eigenvalue weighted by molar-refractivity contribution is 6.05. The van der Waals surface area contributed by atoms with Crippen LogP contribution in [0.2, 0.25) is 0 Å². The van der Waals surface area contributed by atoms with E-state index in [9.17, 15) is 4.79 Å². The fourth-order valence-electron chi connectivity index (χ4n) is 2.40. The number of para-hydroxylation sites is 1. The van der Waals surface area contributed by atoms with Gasteiger partial charge in [0.05, 0.1) is 12.1 Å². The van der Waals surface area contributed by atoms with Gasteiger partial charge in [0, 0.05) is 17.6 Å². The standard InChI is InChI=1S/C20H18N2O/c1-16-12-13-18(14-21-16)20(23)22(19-10-6-3-7-11-19)15-17-8-4-2-5-9-17/h2-14H,15H2,1H3. The molecular formula is C20H18N2O. The summed E-state index contributed by atoms with van der Waals surface area (Å²) in [5, 5.41) is 0. The lowest BCUT2D eigenvalue weighted by atomic mass is 10.1. The lowest BCUT2D eigenvalue weighted by Gasteiger charge is -2.23. The molecule has 1 amide bonds. The van der Waals surface area contributed by atoms with Crippen LogP contribution in [-0.4, -0.2) is 10.9 Å². The normalized spacial score (nSPS) is 10.3. The van der Waals surface area contributed by atoms with E-state index < -0.39 is 0 Å². The third-order valence-corrected chi connectivity index (χ3v) is 3.65. The number of hydrogen-bond donors (Lipinski definition) is 0. The average molecular weight is 302 g/mol. The summed E-state index contributed by atoms with van der Waals surface area (Å²) in [6.07, 6.45) is 1.64. The first-order valence-corrected chi connectivity index (χ1v) is 7.57. The predicted molar refractivity (Wildman–Crippen MR) is 92.4 cm³/mol. The second-order valence-corrected chi connectivity index (χ2v) is 5.40. The van der Waals surface area contributed by atoms with Gasteiger partial charge < -0.3 is 4.90 Å². The summed E-state index contributed by atoms with van der Waals surface area (Å²) >= 11 is 0. The Morgan fingerprint density at radius 2 is 1.57 bits per heavy atom. The second kappa shape index (κ2) is 6.88. The van der Waals surface area contributed by atoms with E-state index in [-0.39, 0.29) is 5.91 Å². The van der Waals surface area contributed by atoms with Crippen molar-refractivity contribution in [3.8, 4) is 0 Å². The van der Waals surface area contributed by atoms with Crippen molar-refractivity contribution in [2.24, 2.45) is 0 Å². The summed E-state index contributed by atoms with van der Waals surface area (Å²) in [4.78, 5) is 19.0. The highest BCUT2D eigenvalue weighted by Crippen LogP contribution is 2.19. The number of carbonyl (C=O) groups excluding carboxylic acids is 1. The number of nitrogens with zero attached hydrogens (tertiary/aromatic N) is 2. The Morgan fingerprint density at radius 1 is 0.913 bits per heavy atom. The van der Waals surface area contributed by atoms with Crippen molar-refractivity contribution in [3.63, 3.8) is 0 Å². The third kappa shape index (κ3) is 3.64. The number of amides is 1. The molecule has 2 aromatic carbocycles. The monoisotopic (exact) mass is 302 g/mol. The molecule has 0 aliphatic heterocycles. The SMILES string of the molecule is Cc1ccc(C(=O)N(Cc2ccccc2)c2ccccc2)cn1. The molecule has 23 heavy (non-hydrogen) atoms. The molecule has 1 aromatic heterocycles. The Kier molecular flexibility index (Phi) is 4.48. The van der Waals surface area contributed by atoms with Crippen LogP contribution < -0.4 is 4.90 Å². The van der Waals surface area contributed by atoms with E-state index in [1.54, 1.807) is 11.1 Å². The summed E-state index contributed by atoms with van der Waals surface area (Å²) in [6, 6.07) is 23.4. The summed E-state index contributed by atoms with van der Waals surface area (Å²) < 4.78 is 0. The average Bonchev–Trinajstić information content (AvgIpc) is 2.61. The molecule has 114 valence electrons.